The van der Waals surface area contributed by atoms with Crippen LogP contribution in [0, 0.1) is 11.8 Å². The minimum absolute atomic E-state index is 0.0244. The first kappa shape index (κ1) is 39.7. The highest BCUT2D eigenvalue weighted by Crippen LogP contribution is 2.44. The van der Waals surface area contributed by atoms with E-state index in [1.54, 1.807) is 0 Å². The number of carbonyl (C=O) groups is 4. The smallest absolute Gasteiger partial charge is 0.407 e. The number of rotatable bonds is 9. The van der Waals surface area contributed by atoms with Crippen molar-refractivity contribution < 1.29 is 33.4 Å². The molecule has 5 aromatic rings. The van der Waals surface area contributed by atoms with E-state index in [2.05, 4.69) is 57.0 Å². The van der Waals surface area contributed by atoms with Crippen LogP contribution in [0.4, 0.5) is 9.59 Å². The zero-order valence-corrected chi connectivity index (χ0v) is 34.5. The lowest BCUT2D eigenvalue weighted by molar-refractivity contribution is -0.137. The van der Waals surface area contributed by atoms with Crippen LogP contribution in [0.25, 0.3) is 44.2 Å². The van der Waals surface area contributed by atoms with Crippen molar-refractivity contribution >= 4 is 45.8 Å². The second kappa shape index (κ2) is 15.9. The van der Waals surface area contributed by atoms with Crippen LogP contribution in [0.5, 0.6) is 5.75 Å². The first-order valence-electron chi connectivity index (χ1n) is 20.5. The van der Waals surface area contributed by atoms with Gasteiger partial charge < -0.3 is 44.6 Å². The number of carbonyl (C=O) groups excluding carboxylic acids is 4. The minimum atomic E-state index is -0.725. The van der Waals surface area contributed by atoms with Crippen LogP contribution in [0.2, 0.25) is 0 Å². The summed E-state index contributed by atoms with van der Waals surface area (Å²) in [7, 11) is 2.58. The predicted molar refractivity (Wildman–Crippen MR) is 221 cm³/mol. The fourth-order valence-corrected chi connectivity index (χ4v) is 8.96. The highest BCUT2D eigenvalue weighted by molar-refractivity contribution is 6.07. The van der Waals surface area contributed by atoms with Crippen LogP contribution in [0.15, 0.2) is 48.7 Å². The van der Waals surface area contributed by atoms with Gasteiger partial charge in [0.05, 0.1) is 49.2 Å². The van der Waals surface area contributed by atoms with Crippen LogP contribution in [0.1, 0.15) is 89.6 Å². The molecule has 3 aliphatic rings. The monoisotopic (exact) mass is 804 g/mol. The zero-order valence-electron chi connectivity index (χ0n) is 34.5. The summed E-state index contributed by atoms with van der Waals surface area (Å²) in [6.07, 6.45) is 3.71. The molecule has 2 saturated heterocycles. The third-order valence-corrected chi connectivity index (χ3v) is 12.1. The predicted octanol–water partition coefficient (Wildman–Crippen LogP) is 7.14. The average Bonchev–Trinajstić information content (AvgIpc) is 4.06. The van der Waals surface area contributed by atoms with Gasteiger partial charge in [0.25, 0.3) is 0 Å². The summed E-state index contributed by atoms with van der Waals surface area (Å²) >= 11 is 0. The van der Waals surface area contributed by atoms with Crippen molar-refractivity contribution in [2.45, 2.75) is 97.1 Å². The van der Waals surface area contributed by atoms with E-state index in [0.29, 0.717) is 24.8 Å². The lowest BCUT2D eigenvalue weighted by Crippen LogP contribution is -2.52. The first-order chi connectivity index (χ1) is 28.4. The number of alkyl carbamates (subject to hydrolysis) is 2. The number of ether oxygens (including phenoxy) is 3. The van der Waals surface area contributed by atoms with Crippen molar-refractivity contribution in [1.29, 1.82) is 0 Å². The standard InChI is InChI=1S/C44H52N8O7/c1-22(2)36(49-43(55)57-6)41(53)51-16-8-9-33(51)39-45-20-32(47-39)26-11-13-28-27(17-26)21-59-35-19-29-25(18-30(28)35)12-14-31-38(29)48-40(46-31)34-15-10-24(5)52(34)42(54)37(23(3)4)50-44(56)58-7/h11-14,17-20,22-24,33-34,36-37H,8-10,15-16,21H2,1-7H3,(H,45,47)(H,46,48)(H,49,55)(H,50,56)/t24-,33-,34-,36-,37-/m0/s1. The Morgan fingerprint density at radius 2 is 1.56 bits per heavy atom. The number of hydrogen-bond donors (Lipinski definition) is 4. The van der Waals surface area contributed by atoms with E-state index in [1.165, 1.54) is 14.2 Å². The van der Waals surface area contributed by atoms with E-state index in [4.69, 9.17) is 24.2 Å². The van der Waals surface area contributed by atoms with Gasteiger partial charge in [-0.15, -0.1) is 0 Å². The van der Waals surface area contributed by atoms with Gasteiger partial charge in [-0.25, -0.2) is 19.6 Å². The minimum Gasteiger partial charge on any atom is -0.488 e. The van der Waals surface area contributed by atoms with Crippen molar-refractivity contribution in [1.82, 2.24) is 40.4 Å². The Balaban J connectivity index is 1.04. The van der Waals surface area contributed by atoms with E-state index in [9.17, 15) is 19.2 Å². The normalized spacial score (nSPS) is 19.7. The largest absolute Gasteiger partial charge is 0.488 e. The van der Waals surface area contributed by atoms with Crippen LogP contribution >= 0.6 is 0 Å². The van der Waals surface area contributed by atoms with Crippen LogP contribution in [-0.2, 0) is 25.7 Å². The van der Waals surface area contributed by atoms with Gasteiger partial charge in [0.2, 0.25) is 11.8 Å². The third kappa shape index (κ3) is 7.31. The molecule has 3 aliphatic heterocycles. The van der Waals surface area contributed by atoms with E-state index in [-0.39, 0.29) is 41.8 Å². The molecule has 5 atom stereocenters. The van der Waals surface area contributed by atoms with Gasteiger partial charge >= 0.3 is 12.2 Å². The summed E-state index contributed by atoms with van der Waals surface area (Å²) in [5.41, 5.74) is 6.59. The average molecular weight is 805 g/mol. The quantitative estimate of drug-likeness (QED) is 0.120. The summed E-state index contributed by atoms with van der Waals surface area (Å²) in [6, 6.07) is 12.7. The number of nitrogens with zero attached hydrogens (tertiary/aromatic N) is 4. The Hall–Kier alpha value is -6.12. The molecule has 2 aromatic heterocycles. The molecule has 0 saturated carbocycles. The Kier molecular flexibility index (Phi) is 10.7. The maximum Gasteiger partial charge on any atom is 0.407 e. The molecule has 3 aromatic carbocycles. The Morgan fingerprint density at radius 3 is 2.27 bits per heavy atom. The van der Waals surface area contributed by atoms with Crippen molar-refractivity contribution in [2.24, 2.45) is 11.8 Å². The number of aromatic amines is 2. The molecule has 310 valence electrons. The number of hydrogen-bond acceptors (Lipinski definition) is 9. The first-order valence-corrected chi connectivity index (χ1v) is 20.5. The lowest BCUT2D eigenvalue weighted by atomic mass is 9.92. The van der Waals surface area contributed by atoms with E-state index in [1.807, 2.05) is 56.7 Å². The Labute approximate surface area is 342 Å². The molecule has 5 heterocycles. The Bertz CT molecular complexity index is 2440. The fraction of sp³-hybridized carbons (Fsp3) is 0.455. The topological polar surface area (TPSA) is 184 Å². The lowest BCUT2D eigenvalue weighted by Gasteiger charge is -2.32. The van der Waals surface area contributed by atoms with Gasteiger partial charge in [0.1, 0.15) is 36.1 Å². The van der Waals surface area contributed by atoms with Crippen LogP contribution < -0.4 is 15.4 Å². The van der Waals surface area contributed by atoms with Crippen molar-refractivity contribution in [3.63, 3.8) is 0 Å². The molecule has 0 spiro atoms. The number of fused-ring (bicyclic) bond motifs is 6. The van der Waals surface area contributed by atoms with Gasteiger partial charge in [0.15, 0.2) is 0 Å². The van der Waals surface area contributed by atoms with Crippen LogP contribution in [0.3, 0.4) is 0 Å². The van der Waals surface area contributed by atoms with Crippen molar-refractivity contribution in [3.05, 3.63) is 65.9 Å². The van der Waals surface area contributed by atoms with E-state index >= 15 is 0 Å². The zero-order chi connectivity index (χ0) is 41.7. The van der Waals surface area contributed by atoms with Crippen molar-refractivity contribution in [3.8, 4) is 28.1 Å². The molecule has 4 N–H and O–H groups in total. The number of methoxy groups -OCH3 is 2. The summed E-state index contributed by atoms with van der Waals surface area (Å²) in [5, 5.41) is 7.40. The summed E-state index contributed by atoms with van der Waals surface area (Å²) in [6.45, 7) is 10.6. The number of likely N-dealkylation sites (tertiary alicyclic amines) is 2. The Morgan fingerprint density at radius 1 is 0.831 bits per heavy atom. The molecule has 15 heteroatoms. The summed E-state index contributed by atoms with van der Waals surface area (Å²) in [5.74, 6) is 1.64. The molecule has 0 bridgehead atoms. The second-order valence-corrected chi connectivity index (χ2v) is 16.6. The molecular weight excluding hydrogens is 753 g/mol. The third-order valence-electron chi connectivity index (χ3n) is 12.1. The van der Waals surface area contributed by atoms with Gasteiger partial charge in [-0.1, -0.05) is 45.9 Å². The maximum atomic E-state index is 14.0. The van der Waals surface area contributed by atoms with E-state index in [0.717, 1.165) is 81.2 Å². The van der Waals surface area contributed by atoms with Gasteiger partial charge in [-0.05, 0) is 90.8 Å². The number of H-pyrrole nitrogens is 2. The molecule has 8 rings (SSSR count). The van der Waals surface area contributed by atoms with Gasteiger partial charge in [-0.2, -0.15) is 0 Å². The molecule has 4 amide bonds. The van der Waals surface area contributed by atoms with Gasteiger partial charge in [-0.3, -0.25) is 9.59 Å². The van der Waals surface area contributed by atoms with Crippen LogP contribution in [-0.4, -0.2) is 92.6 Å². The van der Waals surface area contributed by atoms with E-state index < -0.39 is 24.3 Å². The highest BCUT2D eigenvalue weighted by Gasteiger charge is 2.42. The maximum absolute atomic E-state index is 14.0. The molecule has 0 aliphatic carbocycles. The van der Waals surface area contributed by atoms with Crippen molar-refractivity contribution in [2.75, 3.05) is 20.8 Å². The SMILES string of the molecule is COC(=O)N[C@H](C(=O)N1CCC[C@H]1c1ncc(-c2ccc3c(c2)COc2cc4c(ccc5[nH]c([C@@H]6CC[C@H](C)N6C(=O)[C@@H](NC(=O)OC)C(C)C)nc54)cc2-3)[nH]1)C(C)C. The highest BCUT2D eigenvalue weighted by atomic mass is 16.5. The fourth-order valence-electron chi connectivity index (χ4n) is 8.96. The number of nitrogens with one attached hydrogen (secondary N) is 4. The summed E-state index contributed by atoms with van der Waals surface area (Å²) < 4.78 is 16.0. The number of imidazole rings is 2. The molecule has 0 unspecified atom stereocenters. The molecule has 15 nitrogen and oxygen atoms in total. The second-order valence-electron chi connectivity index (χ2n) is 16.6. The number of aromatic nitrogens is 4. The summed E-state index contributed by atoms with van der Waals surface area (Å²) in [4.78, 5) is 72.3. The molecular formula is C44H52N8O7. The van der Waals surface area contributed by atoms with Gasteiger partial charge in [0, 0.05) is 23.5 Å². The molecule has 0 radical (unpaired) electrons. The number of benzene rings is 3. The number of amides is 4. The molecule has 2 fully saturated rings. The molecule has 59 heavy (non-hydrogen) atoms.